The van der Waals surface area contributed by atoms with Crippen LogP contribution in [-0.4, -0.2) is 17.3 Å². The van der Waals surface area contributed by atoms with Gasteiger partial charge in [-0.3, -0.25) is 0 Å². The molecule has 0 aromatic heterocycles. The number of ether oxygens (including phenoxy) is 1. The summed E-state index contributed by atoms with van der Waals surface area (Å²) < 4.78 is 5.54. The minimum absolute atomic E-state index is 0.204. The number of aryl methyl sites for hydroxylation is 1. The molecule has 0 aliphatic rings. The van der Waals surface area contributed by atoms with Crippen molar-refractivity contribution in [2.45, 2.75) is 39.4 Å². The molecule has 1 aromatic rings. The van der Waals surface area contributed by atoms with Crippen molar-refractivity contribution in [2.75, 3.05) is 6.61 Å². The average Bonchev–Trinajstić information content (AvgIpc) is 2.13. The standard InChI is InChI=1S/C13H20O2/c1-10-6-5-7-11(8-10)12(14)9-15-13(2,3)4/h5-8,12,14H,9H2,1-4H3. The molecule has 2 nitrogen and oxygen atoms in total. The van der Waals surface area contributed by atoms with Gasteiger partial charge in [0.2, 0.25) is 0 Å². The van der Waals surface area contributed by atoms with Crippen LogP contribution in [-0.2, 0) is 4.74 Å². The van der Waals surface area contributed by atoms with Crippen molar-refractivity contribution in [3.63, 3.8) is 0 Å². The monoisotopic (exact) mass is 208 g/mol. The summed E-state index contributed by atoms with van der Waals surface area (Å²) in [6, 6.07) is 7.87. The second kappa shape index (κ2) is 4.77. The molecular formula is C13H20O2. The summed E-state index contributed by atoms with van der Waals surface area (Å²) in [6.45, 7) is 8.30. The van der Waals surface area contributed by atoms with Crippen molar-refractivity contribution in [1.29, 1.82) is 0 Å². The van der Waals surface area contributed by atoms with Crippen LogP contribution >= 0.6 is 0 Å². The van der Waals surface area contributed by atoms with Gasteiger partial charge in [0.05, 0.1) is 12.2 Å². The van der Waals surface area contributed by atoms with Gasteiger partial charge >= 0.3 is 0 Å². The molecule has 0 radical (unpaired) electrons. The van der Waals surface area contributed by atoms with E-state index in [9.17, 15) is 5.11 Å². The lowest BCUT2D eigenvalue weighted by Gasteiger charge is -2.22. The fourth-order valence-corrected chi connectivity index (χ4v) is 1.30. The second-order valence-corrected chi connectivity index (χ2v) is 4.85. The maximum absolute atomic E-state index is 9.88. The van der Waals surface area contributed by atoms with Crippen molar-refractivity contribution in [3.8, 4) is 0 Å². The summed E-state index contributed by atoms with van der Waals surface area (Å²) in [5.41, 5.74) is 1.87. The Hall–Kier alpha value is -0.860. The first-order chi connectivity index (χ1) is 6.88. The molecule has 2 heteroatoms. The number of aliphatic hydroxyl groups is 1. The van der Waals surface area contributed by atoms with Crippen LogP contribution in [0.3, 0.4) is 0 Å². The summed E-state index contributed by atoms with van der Waals surface area (Å²) >= 11 is 0. The first-order valence-electron chi connectivity index (χ1n) is 5.27. The Bertz CT molecular complexity index is 313. The zero-order valence-corrected chi connectivity index (χ0v) is 9.95. The molecule has 0 fully saturated rings. The third-order valence-corrected chi connectivity index (χ3v) is 2.10. The fourth-order valence-electron chi connectivity index (χ4n) is 1.30. The van der Waals surface area contributed by atoms with Crippen LogP contribution in [0.2, 0.25) is 0 Å². The third-order valence-electron chi connectivity index (χ3n) is 2.10. The van der Waals surface area contributed by atoms with Gasteiger partial charge in [0.15, 0.2) is 0 Å². The molecule has 1 atom stereocenters. The molecule has 15 heavy (non-hydrogen) atoms. The Morgan fingerprint density at radius 1 is 1.33 bits per heavy atom. The van der Waals surface area contributed by atoms with E-state index in [-0.39, 0.29) is 5.60 Å². The van der Waals surface area contributed by atoms with Crippen molar-refractivity contribution < 1.29 is 9.84 Å². The highest BCUT2D eigenvalue weighted by Crippen LogP contribution is 2.17. The molecule has 1 aromatic carbocycles. The number of aliphatic hydroxyl groups excluding tert-OH is 1. The normalized spacial score (nSPS) is 13.9. The van der Waals surface area contributed by atoms with Crippen molar-refractivity contribution in [1.82, 2.24) is 0 Å². The van der Waals surface area contributed by atoms with Crippen LogP contribution in [0.15, 0.2) is 24.3 Å². The fraction of sp³-hybridized carbons (Fsp3) is 0.538. The van der Waals surface area contributed by atoms with Crippen LogP contribution in [0.25, 0.3) is 0 Å². The van der Waals surface area contributed by atoms with Crippen molar-refractivity contribution in [2.24, 2.45) is 0 Å². The van der Waals surface area contributed by atoms with Crippen LogP contribution in [0, 0.1) is 6.92 Å². The van der Waals surface area contributed by atoms with Crippen molar-refractivity contribution >= 4 is 0 Å². The van der Waals surface area contributed by atoms with Gasteiger partial charge in [-0.2, -0.15) is 0 Å². The largest absolute Gasteiger partial charge is 0.386 e. The lowest BCUT2D eigenvalue weighted by Crippen LogP contribution is -2.22. The van der Waals surface area contributed by atoms with Crippen molar-refractivity contribution in [3.05, 3.63) is 35.4 Å². The van der Waals surface area contributed by atoms with Gasteiger partial charge in [0.1, 0.15) is 6.10 Å². The van der Waals surface area contributed by atoms with Gasteiger partial charge in [-0.15, -0.1) is 0 Å². The van der Waals surface area contributed by atoms with E-state index in [2.05, 4.69) is 0 Å². The van der Waals surface area contributed by atoms with Gasteiger partial charge in [0.25, 0.3) is 0 Å². The number of hydrogen-bond donors (Lipinski definition) is 1. The first kappa shape index (κ1) is 12.2. The maximum atomic E-state index is 9.88. The third kappa shape index (κ3) is 4.45. The van der Waals surface area contributed by atoms with E-state index in [1.165, 1.54) is 0 Å². The number of hydrogen-bond acceptors (Lipinski definition) is 2. The number of rotatable bonds is 3. The SMILES string of the molecule is Cc1cccc(C(O)COC(C)(C)C)c1. The minimum atomic E-state index is -0.538. The summed E-state index contributed by atoms with van der Waals surface area (Å²) in [4.78, 5) is 0. The Balaban J connectivity index is 2.58. The lowest BCUT2D eigenvalue weighted by molar-refractivity contribution is -0.0496. The molecule has 0 amide bonds. The molecule has 0 heterocycles. The molecule has 0 saturated carbocycles. The summed E-state index contributed by atoms with van der Waals surface area (Å²) in [6.07, 6.45) is -0.538. The number of benzene rings is 1. The Morgan fingerprint density at radius 2 is 2.00 bits per heavy atom. The molecule has 0 saturated heterocycles. The predicted molar refractivity (Wildman–Crippen MR) is 61.8 cm³/mol. The molecule has 1 unspecified atom stereocenters. The summed E-state index contributed by atoms with van der Waals surface area (Å²) in [5, 5.41) is 9.88. The molecule has 1 N–H and O–H groups in total. The molecule has 0 spiro atoms. The lowest BCUT2D eigenvalue weighted by atomic mass is 10.1. The zero-order chi connectivity index (χ0) is 11.5. The average molecular weight is 208 g/mol. The Labute approximate surface area is 91.9 Å². The molecule has 84 valence electrons. The highest BCUT2D eigenvalue weighted by molar-refractivity contribution is 5.24. The van der Waals surface area contributed by atoms with Crippen LogP contribution in [0.1, 0.15) is 38.0 Å². The molecule has 0 bridgehead atoms. The molecule has 1 rings (SSSR count). The van der Waals surface area contributed by atoms with E-state index in [4.69, 9.17) is 4.74 Å². The van der Waals surface area contributed by atoms with E-state index < -0.39 is 6.10 Å². The second-order valence-electron chi connectivity index (χ2n) is 4.85. The summed E-state index contributed by atoms with van der Waals surface area (Å²) in [5.74, 6) is 0. The van der Waals surface area contributed by atoms with E-state index in [1.54, 1.807) is 0 Å². The smallest absolute Gasteiger partial charge is 0.102 e. The first-order valence-corrected chi connectivity index (χ1v) is 5.27. The molecule has 0 aliphatic heterocycles. The van der Waals surface area contributed by atoms with Crippen LogP contribution < -0.4 is 0 Å². The van der Waals surface area contributed by atoms with E-state index in [1.807, 2.05) is 52.0 Å². The Morgan fingerprint density at radius 3 is 2.53 bits per heavy atom. The molecular weight excluding hydrogens is 188 g/mol. The van der Waals surface area contributed by atoms with Crippen LogP contribution in [0.5, 0.6) is 0 Å². The highest BCUT2D eigenvalue weighted by Gasteiger charge is 2.14. The quantitative estimate of drug-likeness (QED) is 0.827. The van der Waals surface area contributed by atoms with E-state index >= 15 is 0 Å². The predicted octanol–water partition coefficient (Wildman–Crippen LogP) is 2.84. The van der Waals surface area contributed by atoms with Gasteiger partial charge in [-0.1, -0.05) is 29.8 Å². The molecule has 0 aliphatic carbocycles. The van der Waals surface area contributed by atoms with Gasteiger partial charge < -0.3 is 9.84 Å². The Kier molecular flexibility index (Phi) is 3.89. The van der Waals surface area contributed by atoms with Gasteiger partial charge in [-0.25, -0.2) is 0 Å². The van der Waals surface area contributed by atoms with Gasteiger partial charge in [0, 0.05) is 0 Å². The van der Waals surface area contributed by atoms with Crippen LogP contribution in [0.4, 0.5) is 0 Å². The van der Waals surface area contributed by atoms with E-state index in [0.29, 0.717) is 6.61 Å². The summed E-state index contributed by atoms with van der Waals surface area (Å²) in [7, 11) is 0. The van der Waals surface area contributed by atoms with E-state index in [0.717, 1.165) is 11.1 Å². The zero-order valence-electron chi connectivity index (χ0n) is 9.95. The maximum Gasteiger partial charge on any atom is 0.102 e. The van der Waals surface area contributed by atoms with Gasteiger partial charge in [-0.05, 0) is 33.3 Å². The topological polar surface area (TPSA) is 29.5 Å². The highest BCUT2D eigenvalue weighted by atomic mass is 16.5. The minimum Gasteiger partial charge on any atom is -0.386 e.